The van der Waals surface area contributed by atoms with E-state index in [1.807, 2.05) is 0 Å². The Balaban J connectivity index is 1.85. The van der Waals surface area contributed by atoms with Crippen LogP contribution in [-0.4, -0.2) is 23.5 Å². The molecule has 0 atom stereocenters. The number of halogens is 2. The Bertz CT molecular complexity index is 873. The lowest BCUT2D eigenvalue weighted by molar-refractivity contribution is 0.0934. The summed E-state index contributed by atoms with van der Waals surface area (Å²) in [5, 5.41) is 3.01. The Kier molecular flexibility index (Phi) is 8.04. The molecule has 2 aromatic carbocycles. The third-order valence-electron chi connectivity index (χ3n) is 3.39. The number of hydrogen-bond donors (Lipinski definition) is 3. The van der Waals surface area contributed by atoms with E-state index in [1.54, 1.807) is 24.3 Å². The monoisotopic (exact) mass is 439 g/mol. The standard InChI is InChI=1S/C19H19Cl2N3O3S/c1-11(2)10-27-14-6-3-12(4-7-14)17(25)22-19(28)24-23-18(26)15-8-5-13(20)9-16(15)21/h3-9,11H,10H2,1-2H3,(H,23,26)(H2,22,24,25,28). The van der Waals surface area contributed by atoms with Gasteiger partial charge in [0.25, 0.3) is 11.8 Å². The van der Waals surface area contributed by atoms with Gasteiger partial charge in [-0.2, -0.15) is 0 Å². The van der Waals surface area contributed by atoms with Gasteiger partial charge in [-0.1, -0.05) is 37.0 Å². The largest absolute Gasteiger partial charge is 0.493 e. The van der Waals surface area contributed by atoms with E-state index in [4.69, 9.17) is 40.2 Å². The smallest absolute Gasteiger partial charge is 0.271 e. The molecule has 6 nitrogen and oxygen atoms in total. The van der Waals surface area contributed by atoms with Gasteiger partial charge in [0.05, 0.1) is 17.2 Å². The fourth-order valence-corrected chi connectivity index (χ4v) is 2.66. The maximum absolute atomic E-state index is 12.2. The third kappa shape index (κ3) is 6.67. The van der Waals surface area contributed by atoms with Gasteiger partial charge in [-0.05, 0) is 60.6 Å². The highest BCUT2D eigenvalue weighted by Gasteiger charge is 2.12. The predicted molar refractivity (Wildman–Crippen MR) is 114 cm³/mol. The summed E-state index contributed by atoms with van der Waals surface area (Å²) in [7, 11) is 0. The fraction of sp³-hybridized carbons (Fsp3) is 0.211. The second-order valence-electron chi connectivity index (χ2n) is 6.22. The van der Waals surface area contributed by atoms with Crippen LogP contribution in [0.5, 0.6) is 5.75 Å². The molecule has 0 fully saturated rings. The van der Waals surface area contributed by atoms with Crippen LogP contribution in [0.15, 0.2) is 42.5 Å². The number of thiocarbonyl (C=S) groups is 1. The summed E-state index contributed by atoms with van der Waals surface area (Å²) < 4.78 is 5.57. The van der Waals surface area contributed by atoms with E-state index < -0.39 is 11.8 Å². The van der Waals surface area contributed by atoms with Crippen molar-refractivity contribution < 1.29 is 14.3 Å². The van der Waals surface area contributed by atoms with E-state index in [0.29, 0.717) is 28.9 Å². The van der Waals surface area contributed by atoms with Gasteiger partial charge in [-0.25, -0.2) is 0 Å². The Morgan fingerprint density at radius 1 is 1.04 bits per heavy atom. The van der Waals surface area contributed by atoms with Gasteiger partial charge in [0.1, 0.15) is 5.75 Å². The van der Waals surface area contributed by atoms with Crippen molar-refractivity contribution in [2.75, 3.05) is 6.61 Å². The predicted octanol–water partition coefficient (Wildman–Crippen LogP) is 3.98. The molecule has 2 aromatic rings. The second-order valence-corrected chi connectivity index (χ2v) is 7.47. The first-order valence-corrected chi connectivity index (χ1v) is 9.52. The zero-order chi connectivity index (χ0) is 20.7. The van der Waals surface area contributed by atoms with E-state index in [9.17, 15) is 9.59 Å². The van der Waals surface area contributed by atoms with Gasteiger partial charge in [-0.3, -0.25) is 25.8 Å². The first-order chi connectivity index (χ1) is 13.3. The zero-order valence-electron chi connectivity index (χ0n) is 15.2. The molecular weight excluding hydrogens is 421 g/mol. The summed E-state index contributed by atoms with van der Waals surface area (Å²) in [5.41, 5.74) is 5.42. The molecule has 3 N–H and O–H groups in total. The molecule has 0 unspecified atom stereocenters. The van der Waals surface area contributed by atoms with Crippen LogP contribution in [0.3, 0.4) is 0 Å². The normalized spacial score (nSPS) is 10.3. The molecule has 0 spiro atoms. The molecule has 9 heteroatoms. The van der Waals surface area contributed by atoms with Crippen molar-refractivity contribution >= 4 is 52.3 Å². The molecule has 28 heavy (non-hydrogen) atoms. The Morgan fingerprint density at radius 3 is 2.32 bits per heavy atom. The minimum atomic E-state index is -0.523. The van der Waals surface area contributed by atoms with Crippen LogP contribution in [-0.2, 0) is 0 Å². The Hall–Kier alpha value is -2.35. The number of ether oxygens (including phenoxy) is 1. The zero-order valence-corrected chi connectivity index (χ0v) is 17.5. The topological polar surface area (TPSA) is 79.5 Å². The fourth-order valence-electron chi connectivity index (χ4n) is 2.03. The summed E-state index contributed by atoms with van der Waals surface area (Å²) >= 11 is 16.8. The van der Waals surface area contributed by atoms with Crippen LogP contribution in [0.1, 0.15) is 34.6 Å². The molecule has 0 saturated heterocycles. The maximum atomic E-state index is 12.2. The van der Waals surface area contributed by atoms with E-state index >= 15 is 0 Å². The van der Waals surface area contributed by atoms with Crippen LogP contribution in [0.2, 0.25) is 10.0 Å². The number of carbonyl (C=O) groups is 2. The second kappa shape index (κ2) is 10.3. The van der Waals surface area contributed by atoms with Crippen molar-refractivity contribution in [3.63, 3.8) is 0 Å². The first kappa shape index (κ1) is 21.9. The molecule has 2 rings (SSSR count). The first-order valence-electron chi connectivity index (χ1n) is 8.36. The molecule has 148 valence electrons. The summed E-state index contributed by atoms with van der Waals surface area (Å²) in [6.07, 6.45) is 0. The van der Waals surface area contributed by atoms with Gasteiger partial charge in [0, 0.05) is 10.6 Å². The van der Waals surface area contributed by atoms with Crippen LogP contribution in [0, 0.1) is 5.92 Å². The number of carbonyl (C=O) groups excluding carboxylic acids is 2. The van der Waals surface area contributed by atoms with Gasteiger partial charge in [0.2, 0.25) is 0 Å². The molecule has 2 amide bonds. The van der Waals surface area contributed by atoms with E-state index in [0.717, 1.165) is 0 Å². The Labute approximate surface area is 178 Å². The van der Waals surface area contributed by atoms with Gasteiger partial charge >= 0.3 is 0 Å². The maximum Gasteiger partial charge on any atom is 0.271 e. The lowest BCUT2D eigenvalue weighted by Crippen LogP contribution is -2.48. The summed E-state index contributed by atoms with van der Waals surface area (Å²) in [5.74, 6) is 0.138. The van der Waals surface area contributed by atoms with Gasteiger partial charge in [-0.15, -0.1) is 0 Å². The van der Waals surface area contributed by atoms with Crippen molar-refractivity contribution in [3.8, 4) is 5.75 Å². The summed E-state index contributed by atoms with van der Waals surface area (Å²) in [6.45, 7) is 4.70. The molecule has 0 bridgehead atoms. The van der Waals surface area contributed by atoms with E-state index in [1.165, 1.54) is 18.2 Å². The highest BCUT2D eigenvalue weighted by molar-refractivity contribution is 7.80. The third-order valence-corrected chi connectivity index (χ3v) is 4.14. The number of rotatable bonds is 5. The molecule has 0 aliphatic rings. The number of amides is 2. The molecule has 0 radical (unpaired) electrons. The van der Waals surface area contributed by atoms with Crippen LogP contribution in [0.25, 0.3) is 0 Å². The minimum Gasteiger partial charge on any atom is -0.493 e. The van der Waals surface area contributed by atoms with Crippen LogP contribution in [0.4, 0.5) is 0 Å². The number of nitrogens with one attached hydrogen (secondary N) is 3. The van der Waals surface area contributed by atoms with E-state index in [-0.39, 0.29) is 15.7 Å². The molecule has 0 heterocycles. The van der Waals surface area contributed by atoms with Gasteiger partial charge < -0.3 is 4.74 Å². The van der Waals surface area contributed by atoms with Crippen LogP contribution < -0.4 is 20.9 Å². The average molecular weight is 440 g/mol. The minimum absolute atomic E-state index is 0.0661. The van der Waals surface area contributed by atoms with E-state index in [2.05, 4.69) is 30.0 Å². The molecule has 0 aliphatic carbocycles. The van der Waals surface area contributed by atoms with Crippen molar-refractivity contribution in [1.29, 1.82) is 0 Å². The number of benzene rings is 2. The summed E-state index contributed by atoms with van der Waals surface area (Å²) in [6, 6.07) is 11.1. The molecule has 0 aliphatic heterocycles. The molecule has 0 aromatic heterocycles. The number of hydrazine groups is 1. The quantitative estimate of drug-likeness (QED) is 0.484. The highest BCUT2D eigenvalue weighted by Crippen LogP contribution is 2.20. The average Bonchev–Trinajstić information content (AvgIpc) is 2.64. The van der Waals surface area contributed by atoms with Crippen LogP contribution >= 0.6 is 35.4 Å². The van der Waals surface area contributed by atoms with Crippen molar-refractivity contribution in [1.82, 2.24) is 16.2 Å². The lowest BCUT2D eigenvalue weighted by Gasteiger charge is -2.12. The van der Waals surface area contributed by atoms with Gasteiger partial charge in [0.15, 0.2) is 5.11 Å². The summed E-state index contributed by atoms with van der Waals surface area (Å²) in [4.78, 5) is 24.3. The highest BCUT2D eigenvalue weighted by atomic mass is 35.5. The SMILES string of the molecule is CC(C)COc1ccc(C(=O)NC(=S)NNC(=O)c2ccc(Cl)cc2Cl)cc1. The van der Waals surface area contributed by atoms with Crippen molar-refractivity contribution in [2.45, 2.75) is 13.8 Å². The Morgan fingerprint density at radius 2 is 1.71 bits per heavy atom. The molecular formula is C19H19Cl2N3O3S. The van der Waals surface area contributed by atoms with Crippen molar-refractivity contribution in [2.24, 2.45) is 5.92 Å². The lowest BCUT2D eigenvalue weighted by atomic mass is 10.2. The molecule has 0 saturated carbocycles. The van der Waals surface area contributed by atoms with Crippen molar-refractivity contribution in [3.05, 3.63) is 63.6 Å². The number of hydrogen-bond acceptors (Lipinski definition) is 4.